The molecule has 0 spiro atoms. The Morgan fingerprint density at radius 1 is 1.29 bits per heavy atom. The first-order valence-corrected chi connectivity index (χ1v) is 8.95. The number of benzene rings is 1. The van der Waals surface area contributed by atoms with Crippen molar-refractivity contribution >= 4 is 28.5 Å². The van der Waals surface area contributed by atoms with Gasteiger partial charge in [0.05, 0.1) is 47.3 Å². The maximum absolute atomic E-state index is 12.5. The Balaban J connectivity index is 1.69. The van der Waals surface area contributed by atoms with E-state index in [0.29, 0.717) is 27.5 Å². The molecule has 0 radical (unpaired) electrons. The summed E-state index contributed by atoms with van der Waals surface area (Å²) in [6, 6.07) is 11.0. The van der Waals surface area contributed by atoms with E-state index in [4.69, 9.17) is 20.8 Å². The van der Waals surface area contributed by atoms with Gasteiger partial charge < -0.3 is 14.5 Å². The van der Waals surface area contributed by atoms with Gasteiger partial charge in [-0.3, -0.25) is 4.79 Å². The van der Waals surface area contributed by atoms with Crippen LogP contribution in [0.25, 0.3) is 16.7 Å². The molecule has 3 heterocycles. The summed E-state index contributed by atoms with van der Waals surface area (Å²) >= 11 is 6.55. The molecule has 4 aromatic rings. The number of fused-ring (bicyclic) bond motifs is 1. The number of hydrogen-bond acceptors (Lipinski definition) is 5. The summed E-state index contributed by atoms with van der Waals surface area (Å²) in [7, 11) is 1.61. The smallest absolute Gasteiger partial charge is 0.254 e. The number of hydrogen-bond donors (Lipinski definition) is 1. The third-order valence-electron chi connectivity index (χ3n) is 4.37. The molecule has 0 saturated heterocycles. The number of halogens is 1. The lowest BCUT2D eigenvalue weighted by Crippen LogP contribution is -2.23. The second-order valence-electron chi connectivity index (χ2n) is 6.14. The van der Waals surface area contributed by atoms with E-state index < -0.39 is 0 Å². The Morgan fingerprint density at radius 3 is 2.75 bits per heavy atom. The van der Waals surface area contributed by atoms with E-state index >= 15 is 0 Å². The number of rotatable bonds is 5. The molecule has 0 saturated carbocycles. The van der Waals surface area contributed by atoms with Crippen LogP contribution in [-0.4, -0.2) is 27.8 Å². The lowest BCUT2D eigenvalue weighted by Gasteiger charge is -2.07. The van der Waals surface area contributed by atoms with Crippen molar-refractivity contribution < 1.29 is 13.9 Å². The van der Waals surface area contributed by atoms with E-state index in [1.54, 1.807) is 30.2 Å². The van der Waals surface area contributed by atoms with Crippen LogP contribution < -0.4 is 10.1 Å². The molecule has 0 atom stereocenters. The lowest BCUT2D eigenvalue weighted by atomic mass is 10.2. The highest BCUT2D eigenvalue weighted by Gasteiger charge is 2.20. The zero-order valence-electron chi connectivity index (χ0n) is 15.3. The van der Waals surface area contributed by atoms with Crippen LogP contribution >= 0.6 is 11.6 Å². The van der Waals surface area contributed by atoms with E-state index in [2.05, 4.69) is 15.4 Å². The molecule has 0 aliphatic carbocycles. The normalized spacial score (nSPS) is 11.0. The van der Waals surface area contributed by atoms with Crippen LogP contribution in [0.3, 0.4) is 0 Å². The fraction of sp³-hybridized carbons (Fsp3) is 0.150. The Kier molecular flexibility index (Phi) is 4.75. The maximum atomic E-state index is 12.5. The van der Waals surface area contributed by atoms with E-state index in [1.807, 2.05) is 31.2 Å². The van der Waals surface area contributed by atoms with Gasteiger partial charge in [0.15, 0.2) is 5.65 Å². The zero-order chi connectivity index (χ0) is 19.7. The molecule has 3 aromatic heterocycles. The second-order valence-corrected chi connectivity index (χ2v) is 6.52. The van der Waals surface area contributed by atoms with Gasteiger partial charge in [0.1, 0.15) is 11.5 Å². The minimum atomic E-state index is -0.326. The van der Waals surface area contributed by atoms with Gasteiger partial charge in [0.2, 0.25) is 0 Å². The van der Waals surface area contributed by atoms with E-state index in [-0.39, 0.29) is 18.0 Å². The molecule has 28 heavy (non-hydrogen) atoms. The Bertz CT molecular complexity index is 1130. The van der Waals surface area contributed by atoms with Crippen molar-refractivity contribution in [1.82, 2.24) is 20.1 Å². The molecule has 1 aromatic carbocycles. The van der Waals surface area contributed by atoms with E-state index in [0.717, 1.165) is 11.4 Å². The standard InChI is InChI=1S/C20H17ClN4O3/c1-12-17-18(21)16(20(26)23-10-15-4-3-9-28-15)11-22-19(17)25(24-12)13-5-7-14(27-2)8-6-13/h3-9,11H,10H2,1-2H3,(H,23,26). The van der Waals surface area contributed by atoms with E-state index in [9.17, 15) is 4.79 Å². The van der Waals surface area contributed by atoms with Crippen molar-refractivity contribution in [2.75, 3.05) is 7.11 Å². The molecule has 0 aliphatic heterocycles. The minimum absolute atomic E-state index is 0.268. The summed E-state index contributed by atoms with van der Waals surface area (Å²) in [6.07, 6.45) is 3.02. The summed E-state index contributed by atoms with van der Waals surface area (Å²) in [5.74, 6) is 1.08. The first kappa shape index (κ1) is 18.1. The second kappa shape index (κ2) is 7.36. The zero-order valence-corrected chi connectivity index (χ0v) is 16.0. The number of nitrogens with one attached hydrogen (secondary N) is 1. The molecular weight excluding hydrogens is 380 g/mol. The van der Waals surface area contributed by atoms with Crippen molar-refractivity contribution in [3.63, 3.8) is 0 Å². The molecule has 1 amide bonds. The number of nitrogens with zero attached hydrogens (tertiary/aromatic N) is 3. The predicted molar refractivity (Wildman–Crippen MR) is 105 cm³/mol. The first-order chi connectivity index (χ1) is 13.6. The van der Waals surface area contributed by atoms with Crippen LogP contribution in [0.2, 0.25) is 5.02 Å². The lowest BCUT2D eigenvalue weighted by molar-refractivity contribution is 0.0948. The topological polar surface area (TPSA) is 82.2 Å². The fourth-order valence-electron chi connectivity index (χ4n) is 2.95. The SMILES string of the molecule is COc1ccc(-n2nc(C)c3c(Cl)c(C(=O)NCc4ccco4)cnc32)cc1. The van der Waals surface area contributed by atoms with Gasteiger partial charge in [-0.25, -0.2) is 9.67 Å². The highest BCUT2D eigenvalue weighted by atomic mass is 35.5. The van der Waals surface area contributed by atoms with Gasteiger partial charge >= 0.3 is 0 Å². The number of amides is 1. The van der Waals surface area contributed by atoms with Crippen LogP contribution in [0.1, 0.15) is 21.8 Å². The summed E-state index contributed by atoms with van der Waals surface area (Å²) in [4.78, 5) is 17.0. The molecule has 0 aliphatic rings. The van der Waals surface area contributed by atoms with Gasteiger partial charge in [-0.1, -0.05) is 11.6 Å². The highest BCUT2D eigenvalue weighted by molar-refractivity contribution is 6.38. The molecule has 142 valence electrons. The van der Waals surface area contributed by atoms with Gasteiger partial charge in [-0.15, -0.1) is 0 Å². The molecule has 1 N–H and O–H groups in total. The van der Waals surface area contributed by atoms with Crippen LogP contribution in [-0.2, 0) is 6.54 Å². The number of ether oxygens (including phenoxy) is 1. The van der Waals surface area contributed by atoms with Crippen molar-refractivity contribution in [3.05, 3.63) is 70.9 Å². The third-order valence-corrected chi connectivity index (χ3v) is 4.77. The summed E-state index contributed by atoms with van der Waals surface area (Å²) in [5, 5.41) is 8.29. The number of carbonyl (C=O) groups is 1. The average molecular weight is 397 g/mol. The monoisotopic (exact) mass is 396 g/mol. The van der Waals surface area contributed by atoms with Gasteiger partial charge in [-0.05, 0) is 43.3 Å². The van der Waals surface area contributed by atoms with Crippen LogP contribution in [0.15, 0.2) is 53.3 Å². The maximum Gasteiger partial charge on any atom is 0.254 e. The van der Waals surface area contributed by atoms with Crippen LogP contribution in [0.5, 0.6) is 5.75 Å². The molecular formula is C20H17ClN4O3. The number of methoxy groups -OCH3 is 1. The number of pyridine rings is 1. The summed E-state index contributed by atoms with van der Waals surface area (Å²) in [6.45, 7) is 2.10. The largest absolute Gasteiger partial charge is 0.497 e. The minimum Gasteiger partial charge on any atom is -0.497 e. The molecule has 4 rings (SSSR count). The summed E-state index contributed by atoms with van der Waals surface area (Å²) < 4.78 is 12.1. The molecule has 8 heteroatoms. The highest BCUT2D eigenvalue weighted by Crippen LogP contribution is 2.30. The van der Waals surface area contributed by atoms with Crippen LogP contribution in [0, 0.1) is 6.92 Å². The quantitative estimate of drug-likeness (QED) is 0.553. The molecule has 0 bridgehead atoms. The van der Waals surface area contributed by atoms with E-state index in [1.165, 1.54) is 6.20 Å². The number of aromatic nitrogens is 3. The average Bonchev–Trinajstić information content (AvgIpc) is 3.35. The van der Waals surface area contributed by atoms with Gasteiger partial charge in [0, 0.05) is 6.20 Å². The van der Waals surface area contributed by atoms with Crippen molar-refractivity contribution in [2.24, 2.45) is 0 Å². The number of carbonyl (C=O) groups excluding carboxylic acids is 1. The van der Waals surface area contributed by atoms with Crippen molar-refractivity contribution in [1.29, 1.82) is 0 Å². The summed E-state index contributed by atoms with van der Waals surface area (Å²) in [5.41, 5.74) is 2.37. The Hall–Kier alpha value is -3.32. The van der Waals surface area contributed by atoms with Gasteiger partial charge in [-0.2, -0.15) is 5.10 Å². The third kappa shape index (κ3) is 3.20. The number of aryl methyl sites for hydroxylation is 1. The Morgan fingerprint density at radius 2 is 2.07 bits per heavy atom. The van der Waals surface area contributed by atoms with Crippen molar-refractivity contribution in [2.45, 2.75) is 13.5 Å². The first-order valence-electron chi connectivity index (χ1n) is 8.57. The fourth-order valence-corrected chi connectivity index (χ4v) is 3.30. The molecule has 7 nitrogen and oxygen atoms in total. The molecule has 0 fully saturated rings. The van der Waals surface area contributed by atoms with Crippen molar-refractivity contribution in [3.8, 4) is 11.4 Å². The molecule has 0 unspecified atom stereocenters. The number of furan rings is 1. The predicted octanol–water partition coefficient (Wildman–Crippen LogP) is 3.91. The van der Waals surface area contributed by atoms with Gasteiger partial charge in [0.25, 0.3) is 5.91 Å². The Labute approximate surface area is 165 Å². The van der Waals surface area contributed by atoms with Crippen LogP contribution in [0.4, 0.5) is 0 Å².